The van der Waals surface area contributed by atoms with Crippen LogP contribution >= 0.6 is 22.7 Å². The van der Waals surface area contributed by atoms with E-state index in [9.17, 15) is 21.0 Å². The SMILES string of the molecule is N#CC(C#N)=c1c2sc3c4ccccc4c(=C(C#N)C#N)c=3sc=2c2ccccc12. The van der Waals surface area contributed by atoms with Crippen molar-refractivity contribution in [2.75, 3.05) is 0 Å². The van der Waals surface area contributed by atoms with E-state index in [2.05, 4.69) is 0 Å². The molecule has 3 aliphatic rings. The van der Waals surface area contributed by atoms with Gasteiger partial charge in [0.15, 0.2) is 0 Å². The molecule has 0 saturated carbocycles. The van der Waals surface area contributed by atoms with Crippen LogP contribution in [0.4, 0.5) is 0 Å². The van der Waals surface area contributed by atoms with Crippen molar-refractivity contribution in [2.45, 2.75) is 0 Å². The zero-order valence-electron chi connectivity index (χ0n) is 15.2. The number of fused-ring (bicyclic) bond motifs is 4. The van der Waals surface area contributed by atoms with Gasteiger partial charge in [0.05, 0.1) is 18.1 Å². The second-order valence-corrected chi connectivity index (χ2v) is 8.60. The Morgan fingerprint density at radius 1 is 0.500 bits per heavy atom. The van der Waals surface area contributed by atoms with Crippen molar-refractivity contribution in [3.05, 3.63) is 77.1 Å². The van der Waals surface area contributed by atoms with Crippen LogP contribution in [0.3, 0.4) is 0 Å². The summed E-state index contributed by atoms with van der Waals surface area (Å²) in [4.78, 5) is 0. The van der Waals surface area contributed by atoms with Gasteiger partial charge in [-0.25, -0.2) is 0 Å². The van der Waals surface area contributed by atoms with Gasteiger partial charge in [0.2, 0.25) is 0 Å². The summed E-state index contributed by atoms with van der Waals surface area (Å²) in [6, 6.07) is 23.6. The number of hydrogen-bond donors (Lipinski definition) is 0. The van der Waals surface area contributed by atoms with Crippen LogP contribution in [0.5, 0.6) is 0 Å². The second-order valence-electron chi connectivity index (χ2n) is 6.56. The van der Waals surface area contributed by atoms with Crippen molar-refractivity contribution in [3.8, 4) is 24.3 Å². The van der Waals surface area contributed by atoms with Gasteiger partial charge in [-0.3, -0.25) is 0 Å². The van der Waals surface area contributed by atoms with Crippen LogP contribution in [-0.2, 0) is 0 Å². The van der Waals surface area contributed by atoms with Crippen LogP contribution in [0.1, 0.15) is 0 Å². The molecule has 30 heavy (non-hydrogen) atoms. The lowest BCUT2D eigenvalue weighted by Crippen LogP contribution is -2.04. The number of nitrogens with zero attached hydrogens (tertiary/aromatic N) is 4. The van der Waals surface area contributed by atoms with Gasteiger partial charge in [0.25, 0.3) is 0 Å². The molecule has 1 heterocycles. The second kappa shape index (κ2) is 6.70. The van der Waals surface area contributed by atoms with Crippen LogP contribution in [0.2, 0.25) is 0 Å². The standard InChI is InChI=1S/C24H8N4S2/c25-9-13(10-26)19-15-5-1-3-7-17(15)21-23(19)30-22-18-8-4-2-6-16(18)20(24(22)29-21)14(11-27)12-28/h1-8H. The molecule has 0 N–H and O–H groups in total. The fraction of sp³-hybridized carbons (Fsp3) is 0. The number of nitriles is 4. The highest BCUT2D eigenvalue weighted by Crippen LogP contribution is 2.27. The minimum atomic E-state index is 0.0846. The average molecular weight is 416 g/mol. The maximum absolute atomic E-state index is 9.57. The third kappa shape index (κ3) is 2.27. The number of benzene rings is 2. The molecule has 0 fully saturated rings. The van der Waals surface area contributed by atoms with E-state index < -0.39 is 0 Å². The van der Waals surface area contributed by atoms with Gasteiger partial charge >= 0.3 is 0 Å². The van der Waals surface area contributed by atoms with Crippen molar-refractivity contribution in [1.29, 1.82) is 21.0 Å². The molecule has 0 saturated heterocycles. The fourth-order valence-corrected chi connectivity index (χ4v) is 6.79. The Bertz CT molecular complexity index is 1770. The van der Waals surface area contributed by atoms with Crippen molar-refractivity contribution in [3.63, 3.8) is 0 Å². The normalized spacial score (nSPS) is 10.5. The Labute approximate surface area is 177 Å². The molecule has 2 aliphatic carbocycles. The van der Waals surface area contributed by atoms with E-state index in [0.29, 0.717) is 10.4 Å². The molecule has 0 atom stereocenters. The monoisotopic (exact) mass is 416 g/mol. The fourth-order valence-electron chi connectivity index (χ4n) is 3.89. The lowest BCUT2D eigenvalue weighted by Gasteiger charge is -1.89. The van der Waals surface area contributed by atoms with Gasteiger partial charge in [-0.15, -0.1) is 22.7 Å². The van der Waals surface area contributed by atoms with Gasteiger partial charge in [-0.1, -0.05) is 48.5 Å². The molecule has 136 valence electrons. The van der Waals surface area contributed by atoms with E-state index in [1.165, 1.54) is 22.7 Å². The zero-order valence-corrected chi connectivity index (χ0v) is 16.9. The van der Waals surface area contributed by atoms with Crippen molar-refractivity contribution >= 4 is 55.4 Å². The summed E-state index contributed by atoms with van der Waals surface area (Å²) in [5.41, 5.74) is 0.169. The van der Waals surface area contributed by atoms with Gasteiger partial charge in [-0.05, 0) is 10.8 Å². The molecule has 1 aliphatic heterocycles. The van der Waals surface area contributed by atoms with Crippen molar-refractivity contribution in [2.24, 2.45) is 0 Å². The first-order valence-electron chi connectivity index (χ1n) is 8.87. The molecular formula is C24H8N4S2. The quantitative estimate of drug-likeness (QED) is 0.382. The molecule has 2 aromatic rings. The predicted octanol–water partition coefficient (Wildman–Crippen LogP) is 3.96. The molecule has 2 aromatic carbocycles. The predicted molar refractivity (Wildman–Crippen MR) is 116 cm³/mol. The lowest BCUT2D eigenvalue weighted by molar-refractivity contribution is 1.50. The summed E-state index contributed by atoms with van der Waals surface area (Å²) in [6.07, 6.45) is 0. The summed E-state index contributed by atoms with van der Waals surface area (Å²) >= 11 is 3.01. The molecule has 0 aromatic heterocycles. The van der Waals surface area contributed by atoms with Gasteiger partial charge in [-0.2, -0.15) is 21.0 Å². The third-order valence-electron chi connectivity index (χ3n) is 5.10. The molecule has 0 spiro atoms. The molecule has 4 nitrogen and oxygen atoms in total. The summed E-state index contributed by atoms with van der Waals surface area (Å²) < 4.78 is 3.66. The van der Waals surface area contributed by atoms with Gasteiger partial charge in [0, 0.05) is 21.2 Å². The van der Waals surface area contributed by atoms with Crippen LogP contribution in [-0.4, -0.2) is 0 Å². The minimum absolute atomic E-state index is 0.0846. The van der Waals surface area contributed by atoms with E-state index in [-0.39, 0.29) is 11.1 Å². The molecule has 0 unspecified atom stereocenters. The van der Waals surface area contributed by atoms with Crippen LogP contribution in [0.15, 0.2) is 48.5 Å². The van der Waals surface area contributed by atoms with Crippen molar-refractivity contribution < 1.29 is 0 Å². The zero-order chi connectivity index (χ0) is 20.8. The molecular weight excluding hydrogens is 408 g/mol. The highest BCUT2D eigenvalue weighted by Gasteiger charge is 2.14. The average Bonchev–Trinajstić information content (AvgIpc) is 3.28. The first kappa shape index (κ1) is 17.9. The summed E-state index contributed by atoms with van der Waals surface area (Å²) in [5, 5.41) is 43.2. The maximum atomic E-state index is 9.57. The number of hydrogen-bond acceptors (Lipinski definition) is 6. The number of rotatable bonds is 0. The first-order valence-corrected chi connectivity index (χ1v) is 10.5. The summed E-state index contributed by atoms with van der Waals surface area (Å²) in [5.74, 6) is 0. The Hall–Kier alpha value is -4.20. The Morgan fingerprint density at radius 3 is 1.17 bits per heavy atom. The highest BCUT2D eigenvalue weighted by atomic mass is 32.1. The van der Waals surface area contributed by atoms with E-state index in [1.807, 2.05) is 72.8 Å². The van der Waals surface area contributed by atoms with Crippen LogP contribution in [0.25, 0.3) is 32.7 Å². The Morgan fingerprint density at radius 2 is 0.833 bits per heavy atom. The topological polar surface area (TPSA) is 95.2 Å². The van der Waals surface area contributed by atoms with Gasteiger partial charge < -0.3 is 0 Å². The first-order chi connectivity index (χ1) is 14.7. The largest absolute Gasteiger partial charge is 0.192 e. The van der Waals surface area contributed by atoms with E-state index in [4.69, 9.17) is 0 Å². The van der Waals surface area contributed by atoms with E-state index >= 15 is 0 Å². The molecule has 0 bridgehead atoms. The lowest BCUT2D eigenvalue weighted by atomic mass is 10.1. The Balaban J connectivity index is 2.25. The van der Waals surface area contributed by atoms with Gasteiger partial charge in [0.1, 0.15) is 35.4 Å². The van der Waals surface area contributed by atoms with E-state index in [0.717, 1.165) is 39.7 Å². The molecule has 6 heteroatoms. The maximum Gasteiger partial charge on any atom is 0.138 e. The smallest absolute Gasteiger partial charge is 0.138 e. The van der Waals surface area contributed by atoms with Crippen LogP contribution < -0.4 is 10.4 Å². The third-order valence-corrected chi connectivity index (χ3v) is 7.84. The highest BCUT2D eigenvalue weighted by molar-refractivity contribution is 7.15. The van der Waals surface area contributed by atoms with E-state index in [1.54, 1.807) is 0 Å². The van der Waals surface area contributed by atoms with Crippen molar-refractivity contribution in [1.82, 2.24) is 0 Å². The molecule has 5 rings (SSSR count). The molecule has 0 amide bonds. The Kier molecular flexibility index (Phi) is 3.99. The summed E-state index contributed by atoms with van der Waals surface area (Å²) in [6.45, 7) is 0. The molecule has 0 radical (unpaired) electrons. The summed E-state index contributed by atoms with van der Waals surface area (Å²) in [7, 11) is 0. The van der Waals surface area contributed by atoms with Crippen LogP contribution in [0, 0.1) is 63.5 Å². The minimum Gasteiger partial charge on any atom is -0.192 e.